The van der Waals surface area contributed by atoms with Gasteiger partial charge in [0.2, 0.25) is 5.91 Å². The first kappa shape index (κ1) is 20.3. The van der Waals surface area contributed by atoms with E-state index < -0.39 is 0 Å². The van der Waals surface area contributed by atoms with Gasteiger partial charge in [0.1, 0.15) is 12.3 Å². The lowest BCUT2D eigenvalue weighted by atomic mass is 10.0. The number of anilines is 1. The van der Waals surface area contributed by atoms with Gasteiger partial charge in [-0.05, 0) is 48.7 Å². The van der Waals surface area contributed by atoms with E-state index in [4.69, 9.17) is 25.8 Å². The van der Waals surface area contributed by atoms with E-state index in [2.05, 4.69) is 0 Å². The Kier molecular flexibility index (Phi) is 5.72. The summed E-state index contributed by atoms with van der Waals surface area (Å²) in [5, 5.41) is 0.480. The van der Waals surface area contributed by atoms with Crippen molar-refractivity contribution in [1.82, 2.24) is 4.90 Å². The SMILES string of the molecule is COc1ccc([C@@H]2CCCN2C(=O)CN2C(=O)COc3ccc(Cl)cc32)cc1OC. The Labute approximate surface area is 180 Å². The molecule has 1 fully saturated rings. The van der Waals surface area contributed by atoms with E-state index in [1.807, 2.05) is 23.1 Å². The van der Waals surface area contributed by atoms with E-state index in [1.54, 1.807) is 32.4 Å². The zero-order chi connectivity index (χ0) is 21.3. The van der Waals surface area contributed by atoms with Crippen LogP contribution in [0.15, 0.2) is 36.4 Å². The smallest absolute Gasteiger partial charge is 0.265 e. The zero-order valence-electron chi connectivity index (χ0n) is 16.9. The second kappa shape index (κ2) is 8.44. The maximum Gasteiger partial charge on any atom is 0.265 e. The number of amides is 2. The lowest BCUT2D eigenvalue weighted by molar-refractivity contribution is -0.132. The summed E-state index contributed by atoms with van der Waals surface area (Å²) in [7, 11) is 3.18. The van der Waals surface area contributed by atoms with Crippen molar-refractivity contribution < 1.29 is 23.8 Å². The molecule has 0 N–H and O–H groups in total. The molecule has 0 unspecified atom stereocenters. The second-order valence-electron chi connectivity index (χ2n) is 7.24. The average Bonchev–Trinajstić information content (AvgIpc) is 3.25. The summed E-state index contributed by atoms with van der Waals surface area (Å²) < 4.78 is 16.2. The molecule has 158 valence electrons. The number of rotatable bonds is 5. The number of ether oxygens (including phenoxy) is 3. The maximum atomic E-state index is 13.2. The number of hydrogen-bond acceptors (Lipinski definition) is 5. The summed E-state index contributed by atoms with van der Waals surface area (Å²) in [5.41, 5.74) is 1.50. The van der Waals surface area contributed by atoms with Gasteiger partial charge < -0.3 is 19.1 Å². The highest BCUT2D eigenvalue weighted by Crippen LogP contribution is 2.38. The van der Waals surface area contributed by atoms with E-state index in [0.717, 1.165) is 18.4 Å². The molecule has 0 radical (unpaired) electrons. The van der Waals surface area contributed by atoms with Crippen molar-refractivity contribution in [2.75, 3.05) is 38.8 Å². The highest BCUT2D eigenvalue weighted by atomic mass is 35.5. The van der Waals surface area contributed by atoms with Crippen molar-refractivity contribution in [2.24, 2.45) is 0 Å². The summed E-state index contributed by atoms with van der Waals surface area (Å²) in [6.07, 6.45) is 1.74. The Hall–Kier alpha value is -2.93. The minimum absolute atomic E-state index is 0.0562. The molecular formula is C22H23ClN2O5. The summed E-state index contributed by atoms with van der Waals surface area (Å²) in [6, 6.07) is 10.7. The van der Waals surface area contributed by atoms with E-state index in [1.165, 1.54) is 4.90 Å². The number of benzene rings is 2. The minimum Gasteiger partial charge on any atom is -0.493 e. The van der Waals surface area contributed by atoms with Gasteiger partial charge in [-0.3, -0.25) is 14.5 Å². The minimum atomic E-state index is -0.264. The predicted molar refractivity (Wildman–Crippen MR) is 113 cm³/mol. The molecule has 8 heteroatoms. The first-order valence-electron chi connectivity index (χ1n) is 9.76. The fourth-order valence-corrected chi connectivity index (χ4v) is 4.21. The van der Waals surface area contributed by atoms with Gasteiger partial charge in [-0.25, -0.2) is 0 Å². The van der Waals surface area contributed by atoms with E-state index in [-0.39, 0.29) is 31.0 Å². The van der Waals surface area contributed by atoms with Crippen LogP contribution in [0.1, 0.15) is 24.4 Å². The molecule has 2 aromatic rings. The zero-order valence-corrected chi connectivity index (χ0v) is 17.6. The fourth-order valence-electron chi connectivity index (χ4n) is 4.05. The highest BCUT2D eigenvalue weighted by molar-refractivity contribution is 6.31. The molecule has 0 aliphatic carbocycles. The van der Waals surface area contributed by atoms with Crippen molar-refractivity contribution >= 4 is 29.1 Å². The molecular weight excluding hydrogens is 408 g/mol. The Balaban J connectivity index is 1.56. The Morgan fingerprint density at radius 2 is 1.97 bits per heavy atom. The second-order valence-corrected chi connectivity index (χ2v) is 7.68. The van der Waals surface area contributed by atoms with Crippen LogP contribution < -0.4 is 19.1 Å². The van der Waals surface area contributed by atoms with E-state index in [9.17, 15) is 9.59 Å². The number of hydrogen-bond donors (Lipinski definition) is 0. The van der Waals surface area contributed by atoms with Crippen molar-refractivity contribution in [2.45, 2.75) is 18.9 Å². The Morgan fingerprint density at radius 1 is 1.17 bits per heavy atom. The summed E-state index contributed by atoms with van der Waals surface area (Å²) in [6.45, 7) is 0.485. The topological polar surface area (TPSA) is 68.3 Å². The monoisotopic (exact) mass is 430 g/mol. The van der Waals surface area contributed by atoms with Crippen LogP contribution in [0.4, 0.5) is 5.69 Å². The molecule has 2 aromatic carbocycles. The highest BCUT2D eigenvalue weighted by Gasteiger charge is 2.34. The van der Waals surface area contributed by atoms with Crippen molar-refractivity contribution in [3.8, 4) is 17.2 Å². The van der Waals surface area contributed by atoms with Crippen LogP contribution in [0, 0.1) is 0 Å². The third-order valence-corrected chi connectivity index (χ3v) is 5.76. The Bertz CT molecular complexity index is 980. The first-order chi connectivity index (χ1) is 14.5. The fraction of sp³-hybridized carbons (Fsp3) is 0.364. The first-order valence-corrected chi connectivity index (χ1v) is 10.1. The predicted octanol–water partition coefficient (Wildman–Crippen LogP) is 3.45. The number of halogens is 1. The number of carbonyl (C=O) groups is 2. The van der Waals surface area contributed by atoms with Crippen LogP contribution in [0.5, 0.6) is 17.2 Å². The largest absolute Gasteiger partial charge is 0.493 e. The lowest BCUT2D eigenvalue weighted by Gasteiger charge is -2.32. The number of methoxy groups -OCH3 is 2. The molecule has 1 atom stereocenters. The van der Waals surface area contributed by atoms with Gasteiger partial charge in [0.15, 0.2) is 18.1 Å². The van der Waals surface area contributed by atoms with Crippen LogP contribution in [0.2, 0.25) is 5.02 Å². The van der Waals surface area contributed by atoms with Crippen LogP contribution in [-0.2, 0) is 9.59 Å². The molecule has 7 nitrogen and oxygen atoms in total. The van der Waals surface area contributed by atoms with Crippen molar-refractivity contribution in [3.63, 3.8) is 0 Å². The molecule has 2 heterocycles. The summed E-state index contributed by atoms with van der Waals surface area (Å²) >= 11 is 6.10. The molecule has 0 saturated carbocycles. The van der Waals surface area contributed by atoms with E-state index >= 15 is 0 Å². The number of fused-ring (bicyclic) bond motifs is 1. The van der Waals surface area contributed by atoms with Gasteiger partial charge in [-0.15, -0.1) is 0 Å². The molecule has 0 spiro atoms. The molecule has 30 heavy (non-hydrogen) atoms. The van der Waals surface area contributed by atoms with Crippen LogP contribution >= 0.6 is 11.6 Å². The van der Waals surface area contributed by atoms with Crippen LogP contribution in [-0.4, -0.2) is 50.6 Å². The van der Waals surface area contributed by atoms with Crippen LogP contribution in [0.25, 0.3) is 0 Å². The number of nitrogens with zero attached hydrogens (tertiary/aromatic N) is 2. The van der Waals surface area contributed by atoms with E-state index in [0.29, 0.717) is 34.5 Å². The summed E-state index contributed by atoms with van der Waals surface area (Å²) in [5.74, 6) is 1.43. The van der Waals surface area contributed by atoms with Crippen molar-refractivity contribution in [1.29, 1.82) is 0 Å². The van der Waals surface area contributed by atoms with Crippen molar-refractivity contribution in [3.05, 3.63) is 47.0 Å². The van der Waals surface area contributed by atoms with Crippen LogP contribution in [0.3, 0.4) is 0 Å². The summed E-state index contributed by atoms with van der Waals surface area (Å²) in [4.78, 5) is 29.0. The molecule has 2 aliphatic heterocycles. The maximum absolute atomic E-state index is 13.2. The number of likely N-dealkylation sites (tertiary alicyclic amines) is 1. The average molecular weight is 431 g/mol. The molecule has 2 amide bonds. The Morgan fingerprint density at radius 3 is 2.73 bits per heavy atom. The van der Waals surface area contributed by atoms with Gasteiger partial charge in [0.05, 0.1) is 25.9 Å². The third-order valence-electron chi connectivity index (χ3n) is 5.52. The van der Waals surface area contributed by atoms with Gasteiger partial charge in [-0.1, -0.05) is 17.7 Å². The molecule has 1 saturated heterocycles. The molecule has 2 aliphatic rings. The molecule has 0 aromatic heterocycles. The molecule has 0 bridgehead atoms. The number of carbonyl (C=O) groups excluding carboxylic acids is 2. The lowest BCUT2D eigenvalue weighted by Crippen LogP contribution is -2.46. The molecule has 4 rings (SSSR count). The van der Waals surface area contributed by atoms with Gasteiger partial charge in [0.25, 0.3) is 5.91 Å². The van der Waals surface area contributed by atoms with Gasteiger partial charge >= 0.3 is 0 Å². The standard InChI is InChI=1S/C22H23ClN2O5/c1-28-19-7-5-14(10-20(19)29-2)16-4-3-9-24(16)21(26)12-25-17-11-15(23)6-8-18(17)30-13-22(25)27/h5-8,10-11,16H,3-4,9,12-13H2,1-2H3/t16-/m0/s1. The van der Waals surface area contributed by atoms with Gasteiger partial charge in [-0.2, -0.15) is 0 Å². The quantitative estimate of drug-likeness (QED) is 0.726. The third kappa shape index (κ3) is 3.77. The normalized spacial score (nSPS) is 18.1. The van der Waals surface area contributed by atoms with Gasteiger partial charge in [0, 0.05) is 11.6 Å².